The summed E-state index contributed by atoms with van der Waals surface area (Å²) in [6, 6.07) is 2.15. The molecule has 2 atom stereocenters. The van der Waals surface area contributed by atoms with Crippen LogP contribution in [0.3, 0.4) is 0 Å². The summed E-state index contributed by atoms with van der Waals surface area (Å²) in [7, 11) is 0. The third kappa shape index (κ3) is 4.66. The molecule has 0 bridgehead atoms. The number of phenols is 1. The van der Waals surface area contributed by atoms with Gasteiger partial charge in [-0.05, 0) is 37.0 Å². The molecule has 1 saturated carbocycles. The van der Waals surface area contributed by atoms with Crippen LogP contribution in [0.4, 0.5) is 13.2 Å². The summed E-state index contributed by atoms with van der Waals surface area (Å²) in [5.74, 6) is -0.718. The molecule has 0 unspecified atom stereocenters. The second-order valence-corrected chi connectivity index (χ2v) is 5.33. The van der Waals surface area contributed by atoms with Crippen molar-refractivity contribution in [2.45, 2.75) is 44.2 Å². The molecule has 0 aliphatic heterocycles. The van der Waals surface area contributed by atoms with Gasteiger partial charge in [-0.3, -0.25) is 0 Å². The largest absolute Gasteiger partial charge is 0.573 e. The van der Waals surface area contributed by atoms with Gasteiger partial charge < -0.3 is 20.7 Å². The molecular formula is C14H19ClF3NO3. The van der Waals surface area contributed by atoms with Gasteiger partial charge in [0.15, 0.2) is 0 Å². The Balaban J connectivity index is 0.00000242. The van der Waals surface area contributed by atoms with E-state index in [4.69, 9.17) is 5.73 Å². The number of aliphatic hydroxyl groups excluding tert-OH is 1. The van der Waals surface area contributed by atoms with E-state index in [1.165, 1.54) is 0 Å². The molecule has 1 aliphatic carbocycles. The summed E-state index contributed by atoms with van der Waals surface area (Å²) in [6.45, 7) is 0. The van der Waals surface area contributed by atoms with Gasteiger partial charge in [0.25, 0.3) is 0 Å². The Morgan fingerprint density at radius 2 is 1.82 bits per heavy atom. The van der Waals surface area contributed by atoms with Gasteiger partial charge in [0, 0.05) is 5.56 Å². The number of alkyl halides is 3. The van der Waals surface area contributed by atoms with Gasteiger partial charge >= 0.3 is 6.36 Å². The molecule has 1 aromatic carbocycles. The maximum Gasteiger partial charge on any atom is 0.573 e. The van der Waals surface area contributed by atoms with Crippen LogP contribution in [-0.4, -0.2) is 22.7 Å². The SMILES string of the molecule is Cl.N[C@H](c1cc(OC(F)(F)F)ccc1O)[C@@H](O)C1CCCC1. The number of nitrogens with two attached hydrogens (primary N) is 1. The highest BCUT2D eigenvalue weighted by atomic mass is 35.5. The van der Waals surface area contributed by atoms with Crippen LogP contribution in [0.5, 0.6) is 11.5 Å². The second kappa shape index (κ2) is 7.39. The molecule has 126 valence electrons. The summed E-state index contributed by atoms with van der Waals surface area (Å²) in [4.78, 5) is 0. The first kappa shape index (κ1) is 18.9. The molecule has 0 aromatic heterocycles. The van der Waals surface area contributed by atoms with Gasteiger partial charge in [0.1, 0.15) is 11.5 Å². The minimum absolute atomic E-state index is 0. The quantitative estimate of drug-likeness (QED) is 0.785. The fourth-order valence-corrected chi connectivity index (χ4v) is 2.77. The van der Waals surface area contributed by atoms with E-state index in [1.54, 1.807) is 0 Å². The minimum atomic E-state index is -4.82. The average Bonchev–Trinajstić information content (AvgIpc) is 2.91. The van der Waals surface area contributed by atoms with E-state index in [1.807, 2.05) is 0 Å². The fraction of sp³-hybridized carbons (Fsp3) is 0.571. The van der Waals surface area contributed by atoms with E-state index in [-0.39, 0.29) is 29.6 Å². The Bertz CT molecular complexity index is 493. The zero-order chi connectivity index (χ0) is 15.6. The minimum Gasteiger partial charge on any atom is -0.508 e. The highest BCUT2D eigenvalue weighted by molar-refractivity contribution is 5.85. The Labute approximate surface area is 132 Å². The van der Waals surface area contributed by atoms with Crippen LogP contribution in [0.25, 0.3) is 0 Å². The zero-order valence-electron chi connectivity index (χ0n) is 11.7. The third-order valence-corrected chi connectivity index (χ3v) is 3.84. The lowest BCUT2D eigenvalue weighted by atomic mass is 9.90. The van der Waals surface area contributed by atoms with Gasteiger partial charge in [-0.15, -0.1) is 25.6 Å². The van der Waals surface area contributed by atoms with Crippen molar-refractivity contribution in [3.8, 4) is 11.5 Å². The molecule has 1 aromatic rings. The Kier molecular flexibility index (Phi) is 6.34. The van der Waals surface area contributed by atoms with E-state index in [0.717, 1.165) is 43.9 Å². The molecule has 8 heteroatoms. The first-order valence-electron chi connectivity index (χ1n) is 6.80. The van der Waals surface area contributed by atoms with Crippen molar-refractivity contribution in [2.24, 2.45) is 11.7 Å². The first-order chi connectivity index (χ1) is 9.78. The Hall–Kier alpha value is -1.18. The normalized spacial score (nSPS) is 18.6. The fourth-order valence-electron chi connectivity index (χ4n) is 2.77. The number of hydrogen-bond donors (Lipinski definition) is 3. The zero-order valence-corrected chi connectivity index (χ0v) is 12.5. The van der Waals surface area contributed by atoms with Crippen molar-refractivity contribution >= 4 is 12.4 Å². The summed E-state index contributed by atoms with van der Waals surface area (Å²) >= 11 is 0. The van der Waals surface area contributed by atoms with Crippen LogP contribution in [0, 0.1) is 5.92 Å². The lowest BCUT2D eigenvalue weighted by Crippen LogP contribution is -2.32. The van der Waals surface area contributed by atoms with Crippen LogP contribution in [0.15, 0.2) is 18.2 Å². The standard InChI is InChI=1S/C14H18F3NO3.ClH/c15-14(16,17)21-9-5-6-11(19)10(7-9)12(18)13(20)8-3-1-2-4-8;/h5-8,12-13,19-20H,1-4,18H2;1H/t12-,13+;/m1./s1. The molecule has 1 fully saturated rings. The van der Waals surface area contributed by atoms with Gasteiger partial charge in [-0.25, -0.2) is 0 Å². The van der Waals surface area contributed by atoms with Crippen LogP contribution in [-0.2, 0) is 0 Å². The molecule has 22 heavy (non-hydrogen) atoms. The molecule has 0 radical (unpaired) electrons. The first-order valence-corrected chi connectivity index (χ1v) is 6.80. The number of halogens is 4. The van der Waals surface area contributed by atoms with Crippen LogP contribution >= 0.6 is 12.4 Å². The van der Waals surface area contributed by atoms with Gasteiger partial charge in [-0.2, -0.15) is 0 Å². The Morgan fingerprint density at radius 3 is 2.36 bits per heavy atom. The van der Waals surface area contributed by atoms with Crippen LogP contribution < -0.4 is 10.5 Å². The molecule has 0 heterocycles. The lowest BCUT2D eigenvalue weighted by molar-refractivity contribution is -0.274. The topological polar surface area (TPSA) is 75.7 Å². The maximum absolute atomic E-state index is 12.2. The number of phenolic OH excluding ortho intramolecular Hbond substituents is 1. The van der Waals surface area contributed by atoms with E-state index >= 15 is 0 Å². The summed E-state index contributed by atoms with van der Waals surface area (Å²) in [5, 5.41) is 20.0. The predicted molar refractivity (Wildman–Crippen MR) is 76.9 cm³/mol. The summed E-state index contributed by atoms with van der Waals surface area (Å²) in [5.41, 5.74) is 5.96. The van der Waals surface area contributed by atoms with Crippen LogP contribution in [0.2, 0.25) is 0 Å². The third-order valence-electron chi connectivity index (χ3n) is 3.84. The maximum atomic E-state index is 12.2. The smallest absolute Gasteiger partial charge is 0.508 e. The number of aromatic hydroxyl groups is 1. The van der Waals surface area contributed by atoms with E-state index in [9.17, 15) is 23.4 Å². The number of aliphatic hydroxyl groups is 1. The molecular weight excluding hydrogens is 323 g/mol. The molecule has 4 N–H and O–H groups in total. The van der Waals surface area contributed by atoms with E-state index in [2.05, 4.69) is 4.74 Å². The molecule has 4 nitrogen and oxygen atoms in total. The monoisotopic (exact) mass is 341 g/mol. The second-order valence-electron chi connectivity index (χ2n) is 5.33. The van der Waals surface area contributed by atoms with E-state index in [0.29, 0.717) is 0 Å². The lowest BCUT2D eigenvalue weighted by Gasteiger charge is -2.25. The van der Waals surface area contributed by atoms with Crippen molar-refractivity contribution in [3.05, 3.63) is 23.8 Å². The van der Waals surface area contributed by atoms with Crippen molar-refractivity contribution in [3.63, 3.8) is 0 Å². The predicted octanol–water partition coefficient (Wildman–Crippen LogP) is 3.26. The number of benzene rings is 1. The van der Waals surface area contributed by atoms with Gasteiger partial charge in [0.05, 0.1) is 12.1 Å². The molecule has 2 rings (SSSR count). The Morgan fingerprint density at radius 1 is 1.23 bits per heavy atom. The summed E-state index contributed by atoms with van der Waals surface area (Å²) in [6.07, 6.45) is -2.07. The number of ether oxygens (including phenoxy) is 1. The van der Waals surface area contributed by atoms with Crippen molar-refractivity contribution < 1.29 is 28.1 Å². The molecule has 0 saturated heterocycles. The van der Waals surface area contributed by atoms with Gasteiger partial charge in [-0.1, -0.05) is 12.8 Å². The van der Waals surface area contributed by atoms with Crippen molar-refractivity contribution in [2.75, 3.05) is 0 Å². The average molecular weight is 342 g/mol. The van der Waals surface area contributed by atoms with Crippen molar-refractivity contribution in [1.29, 1.82) is 0 Å². The number of hydrogen-bond acceptors (Lipinski definition) is 4. The summed E-state index contributed by atoms with van der Waals surface area (Å²) < 4.78 is 40.4. The van der Waals surface area contributed by atoms with Crippen molar-refractivity contribution in [1.82, 2.24) is 0 Å². The molecule has 0 spiro atoms. The van der Waals surface area contributed by atoms with E-state index < -0.39 is 24.3 Å². The molecule has 1 aliphatic rings. The number of rotatable bonds is 4. The highest BCUT2D eigenvalue weighted by Gasteiger charge is 2.33. The van der Waals surface area contributed by atoms with Crippen LogP contribution in [0.1, 0.15) is 37.3 Å². The van der Waals surface area contributed by atoms with Gasteiger partial charge in [0.2, 0.25) is 0 Å². The highest BCUT2D eigenvalue weighted by Crippen LogP contribution is 2.36. The molecule has 0 amide bonds.